The van der Waals surface area contributed by atoms with Gasteiger partial charge in [-0.3, -0.25) is 4.79 Å². The number of fused-ring (bicyclic) bond motifs is 1. The molecule has 0 bridgehead atoms. The molecule has 3 heterocycles. The van der Waals surface area contributed by atoms with Gasteiger partial charge in [0.25, 0.3) is 0 Å². The molecular formula is C19H17N3O2S. The Labute approximate surface area is 149 Å². The van der Waals surface area contributed by atoms with E-state index in [1.807, 2.05) is 52.9 Å². The van der Waals surface area contributed by atoms with E-state index in [0.717, 1.165) is 33.3 Å². The number of methoxy groups -OCH3 is 1. The molecule has 0 atom stereocenters. The Morgan fingerprint density at radius 3 is 2.84 bits per heavy atom. The van der Waals surface area contributed by atoms with Gasteiger partial charge in [0.1, 0.15) is 5.75 Å². The quantitative estimate of drug-likeness (QED) is 0.707. The van der Waals surface area contributed by atoms with Crippen molar-refractivity contribution in [2.24, 2.45) is 0 Å². The fourth-order valence-corrected chi connectivity index (χ4v) is 3.51. The molecule has 4 rings (SSSR count). The first kappa shape index (κ1) is 15.7. The minimum Gasteiger partial charge on any atom is -0.497 e. The minimum absolute atomic E-state index is 0.125. The topological polar surface area (TPSA) is 54.5 Å². The normalized spacial score (nSPS) is 12.6. The van der Waals surface area contributed by atoms with Crippen LogP contribution in [0.2, 0.25) is 0 Å². The summed E-state index contributed by atoms with van der Waals surface area (Å²) < 4.78 is 5.20. The summed E-state index contributed by atoms with van der Waals surface area (Å²) >= 11 is 1.48. The van der Waals surface area contributed by atoms with Gasteiger partial charge in [-0.05, 0) is 35.2 Å². The van der Waals surface area contributed by atoms with Gasteiger partial charge >= 0.3 is 0 Å². The van der Waals surface area contributed by atoms with Crippen LogP contribution in [0.25, 0.3) is 11.1 Å². The summed E-state index contributed by atoms with van der Waals surface area (Å²) in [4.78, 5) is 19.7. The zero-order valence-corrected chi connectivity index (χ0v) is 14.5. The molecular weight excluding hydrogens is 334 g/mol. The number of Topliss-reactive ketones (excluding diaryl/α,β-unsaturated/α-hetero) is 1. The fraction of sp³-hybridized carbons (Fsp3) is 0.158. The lowest BCUT2D eigenvalue weighted by molar-refractivity contribution is 0.100. The van der Waals surface area contributed by atoms with Crippen molar-refractivity contribution < 1.29 is 9.53 Å². The summed E-state index contributed by atoms with van der Waals surface area (Å²) in [5.74, 6) is 1.76. The second-order valence-corrected chi connectivity index (χ2v) is 6.70. The lowest BCUT2D eigenvalue weighted by Gasteiger charge is -2.17. The highest BCUT2D eigenvalue weighted by Crippen LogP contribution is 2.34. The van der Waals surface area contributed by atoms with E-state index in [4.69, 9.17) is 4.74 Å². The summed E-state index contributed by atoms with van der Waals surface area (Å²) in [6.45, 7) is 0.930. The number of hydrogen-bond acceptors (Lipinski definition) is 6. The Hall–Kier alpha value is -2.86. The average molecular weight is 351 g/mol. The summed E-state index contributed by atoms with van der Waals surface area (Å²) in [5.41, 5.74) is 3.03. The second-order valence-electron chi connectivity index (χ2n) is 5.75. The molecule has 0 aliphatic carbocycles. The van der Waals surface area contributed by atoms with Crippen molar-refractivity contribution in [3.63, 3.8) is 0 Å². The number of anilines is 2. The van der Waals surface area contributed by atoms with E-state index in [2.05, 4.69) is 16.4 Å². The van der Waals surface area contributed by atoms with Crippen LogP contribution in [0, 0.1) is 0 Å². The van der Waals surface area contributed by atoms with E-state index in [9.17, 15) is 4.79 Å². The van der Waals surface area contributed by atoms with Crippen LogP contribution in [-0.2, 0) is 0 Å². The molecule has 5 nitrogen and oxygen atoms in total. The molecule has 0 amide bonds. The number of aromatic nitrogens is 1. The number of carbonyl (C=O) groups is 1. The lowest BCUT2D eigenvalue weighted by atomic mass is 10.1. The third-order valence-electron chi connectivity index (χ3n) is 4.20. The molecule has 0 spiro atoms. The van der Waals surface area contributed by atoms with E-state index in [1.54, 1.807) is 7.11 Å². The molecule has 1 aromatic carbocycles. The van der Waals surface area contributed by atoms with Gasteiger partial charge in [-0.25, -0.2) is 4.98 Å². The van der Waals surface area contributed by atoms with E-state index in [1.165, 1.54) is 11.3 Å². The summed E-state index contributed by atoms with van der Waals surface area (Å²) in [7, 11) is 1.65. The van der Waals surface area contributed by atoms with Crippen molar-refractivity contribution in [2.45, 2.75) is 0 Å². The molecule has 2 aromatic heterocycles. The van der Waals surface area contributed by atoms with Gasteiger partial charge in [-0.15, -0.1) is 11.3 Å². The van der Waals surface area contributed by atoms with Crippen molar-refractivity contribution in [1.82, 2.24) is 4.98 Å². The lowest BCUT2D eigenvalue weighted by Crippen LogP contribution is -2.29. The van der Waals surface area contributed by atoms with Crippen LogP contribution in [0.5, 0.6) is 5.75 Å². The monoisotopic (exact) mass is 351 g/mol. The molecule has 0 radical (unpaired) electrons. The Morgan fingerprint density at radius 1 is 1.28 bits per heavy atom. The number of ketones is 1. The Kier molecular flexibility index (Phi) is 4.11. The predicted octanol–water partition coefficient (Wildman–Crippen LogP) is 3.89. The first-order chi connectivity index (χ1) is 12.2. The highest BCUT2D eigenvalue weighted by Gasteiger charge is 2.23. The average Bonchev–Trinajstić information content (AvgIpc) is 3.32. The molecule has 25 heavy (non-hydrogen) atoms. The van der Waals surface area contributed by atoms with Gasteiger partial charge in [-0.1, -0.05) is 18.2 Å². The third kappa shape index (κ3) is 3.08. The SMILES string of the molecule is COc1ccc(-c2cnc3c(c2)N(CC(=O)c2cccs2)CN3)cc1. The van der Waals surface area contributed by atoms with Crippen molar-refractivity contribution in [2.75, 3.05) is 30.5 Å². The molecule has 1 aliphatic heterocycles. The molecule has 1 N–H and O–H groups in total. The molecule has 0 unspecified atom stereocenters. The van der Waals surface area contributed by atoms with Gasteiger partial charge in [0.2, 0.25) is 0 Å². The maximum absolute atomic E-state index is 12.4. The first-order valence-corrected chi connectivity index (χ1v) is 8.82. The van der Waals surface area contributed by atoms with E-state index in [-0.39, 0.29) is 5.78 Å². The number of thiophene rings is 1. The predicted molar refractivity (Wildman–Crippen MR) is 101 cm³/mol. The Bertz CT molecular complexity index is 892. The Morgan fingerprint density at radius 2 is 2.12 bits per heavy atom. The smallest absolute Gasteiger partial charge is 0.192 e. The molecule has 3 aromatic rings. The summed E-state index contributed by atoms with van der Waals surface area (Å²) in [5, 5.41) is 5.17. The maximum atomic E-state index is 12.4. The molecule has 6 heteroatoms. The van der Waals surface area contributed by atoms with Crippen LogP contribution >= 0.6 is 11.3 Å². The molecule has 0 saturated carbocycles. The summed E-state index contributed by atoms with van der Waals surface area (Å²) in [6, 6.07) is 13.7. The number of hydrogen-bond donors (Lipinski definition) is 1. The largest absolute Gasteiger partial charge is 0.497 e. The zero-order valence-electron chi connectivity index (χ0n) is 13.7. The molecule has 1 aliphatic rings. The van der Waals surface area contributed by atoms with Crippen LogP contribution in [-0.4, -0.2) is 31.1 Å². The zero-order chi connectivity index (χ0) is 17.2. The van der Waals surface area contributed by atoms with Gasteiger partial charge in [0.15, 0.2) is 11.6 Å². The van der Waals surface area contributed by atoms with Gasteiger partial charge < -0.3 is 15.0 Å². The van der Waals surface area contributed by atoms with Crippen molar-refractivity contribution in [3.05, 3.63) is 58.9 Å². The van der Waals surface area contributed by atoms with Crippen LogP contribution in [0.15, 0.2) is 54.0 Å². The third-order valence-corrected chi connectivity index (χ3v) is 5.11. The minimum atomic E-state index is 0.125. The van der Waals surface area contributed by atoms with Crippen molar-refractivity contribution in [3.8, 4) is 16.9 Å². The fourth-order valence-electron chi connectivity index (χ4n) is 2.86. The number of benzene rings is 1. The van der Waals surface area contributed by atoms with E-state index in [0.29, 0.717) is 13.2 Å². The maximum Gasteiger partial charge on any atom is 0.192 e. The highest BCUT2D eigenvalue weighted by molar-refractivity contribution is 7.12. The molecule has 0 saturated heterocycles. The first-order valence-electron chi connectivity index (χ1n) is 7.94. The number of nitrogens with zero attached hydrogens (tertiary/aromatic N) is 2. The number of rotatable bonds is 5. The number of pyridine rings is 1. The van der Waals surface area contributed by atoms with Crippen LogP contribution in [0.3, 0.4) is 0 Å². The highest BCUT2D eigenvalue weighted by atomic mass is 32.1. The van der Waals surface area contributed by atoms with Crippen LogP contribution in [0.4, 0.5) is 11.5 Å². The number of ether oxygens (including phenoxy) is 1. The van der Waals surface area contributed by atoms with Crippen LogP contribution in [0.1, 0.15) is 9.67 Å². The standard InChI is InChI=1S/C19H17N3O2S/c1-24-15-6-4-13(5-7-15)14-9-16-19(20-10-14)21-12-22(16)11-17(23)18-3-2-8-25-18/h2-10H,11-12H2,1H3,(H,20,21). The van der Waals surface area contributed by atoms with Gasteiger partial charge in [0.05, 0.1) is 30.9 Å². The number of carbonyl (C=O) groups excluding carboxylic acids is 1. The summed E-state index contributed by atoms with van der Waals surface area (Å²) in [6.07, 6.45) is 1.85. The van der Waals surface area contributed by atoms with E-state index >= 15 is 0 Å². The molecule has 126 valence electrons. The molecule has 0 fully saturated rings. The van der Waals surface area contributed by atoms with Crippen molar-refractivity contribution >= 4 is 28.6 Å². The second kappa shape index (κ2) is 6.57. The van der Waals surface area contributed by atoms with Crippen molar-refractivity contribution in [1.29, 1.82) is 0 Å². The number of nitrogens with one attached hydrogen (secondary N) is 1. The Balaban J connectivity index is 1.59. The van der Waals surface area contributed by atoms with Gasteiger partial charge in [-0.2, -0.15) is 0 Å². The van der Waals surface area contributed by atoms with E-state index < -0.39 is 0 Å². The van der Waals surface area contributed by atoms with Gasteiger partial charge in [0, 0.05) is 11.8 Å². The van der Waals surface area contributed by atoms with Crippen LogP contribution < -0.4 is 15.0 Å².